The molecule has 4 amide bonds. The molecule has 2 aliphatic rings. The van der Waals surface area contributed by atoms with Crippen molar-refractivity contribution in [2.75, 3.05) is 24.5 Å². The lowest BCUT2D eigenvalue weighted by Gasteiger charge is -2.26. The zero-order chi connectivity index (χ0) is 21.6. The second-order valence-electron chi connectivity index (χ2n) is 8.91. The first-order valence-electron chi connectivity index (χ1n) is 10.2. The van der Waals surface area contributed by atoms with Gasteiger partial charge in [-0.2, -0.15) is 0 Å². The zero-order valence-corrected chi connectivity index (χ0v) is 17.8. The number of hydrogen-bond donors (Lipinski definition) is 1. The molecule has 0 spiro atoms. The maximum absolute atomic E-state index is 12.4. The Morgan fingerprint density at radius 3 is 2.73 bits per heavy atom. The van der Waals surface area contributed by atoms with Crippen LogP contribution in [0.5, 0.6) is 0 Å². The Balaban J connectivity index is 1.56. The molecule has 9 heteroatoms. The van der Waals surface area contributed by atoms with Gasteiger partial charge in [-0.3, -0.25) is 15.0 Å². The summed E-state index contributed by atoms with van der Waals surface area (Å²) in [7, 11) is 0. The van der Waals surface area contributed by atoms with Crippen LogP contribution in [0.1, 0.15) is 45.2 Å². The number of imide groups is 1. The third kappa shape index (κ3) is 3.83. The van der Waals surface area contributed by atoms with Gasteiger partial charge < -0.3 is 14.2 Å². The number of fused-ring (bicyclic) bond motifs is 1. The number of ether oxygens (including phenoxy) is 1. The number of nitrogens with one attached hydrogen (secondary N) is 1. The van der Waals surface area contributed by atoms with Gasteiger partial charge in [-0.15, -0.1) is 0 Å². The van der Waals surface area contributed by atoms with E-state index in [2.05, 4.69) is 14.9 Å². The predicted octanol–water partition coefficient (Wildman–Crippen LogP) is 2.97. The van der Waals surface area contributed by atoms with E-state index in [1.165, 1.54) is 4.90 Å². The molecule has 2 aliphatic heterocycles. The van der Waals surface area contributed by atoms with Gasteiger partial charge in [-0.25, -0.2) is 14.6 Å². The molecule has 0 radical (unpaired) electrons. The number of nitrogens with zero attached hydrogens (tertiary/aromatic N) is 4. The summed E-state index contributed by atoms with van der Waals surface area (Å²) in [4.78, 5) is 43.8. The van der Waals surface area contributed by atoms with Crippen LogP contribution in [0.2, 0.25) is 0 Å². The van der Waals surface area contributed by atoms with Gasteiger partial charge in [0.25, 0.3) is 0 Å². The molecule has 9 nitrogen and oxygen atoms in total. The maximum atomic E-state index is 12.4. The summed E-state index contributed by atoms with van der Waals surface area (Å²) in [5.41, 5.74) is 2.01. The number of rotatable bonds is 2. The molecular weight excluding hydrogens is 386 g/mol. The van der Waals surface area contributed by atoms with E-state index in [4.69, 9.17) is 4.74 Å². The SMILES string of the molecule is Cc1cn([C@@H]2CCN(C(=O)OC(C)(C)C)C2)c2ncc(N3CCC(=O)NC3=O)cc12. The first-order valence-corrected chi connectivity index (χ1v) is 10.2. The largest absolute Gasteiger partial charge is 0.444 e. The lowest BCUT2D eigenvalue weighted by Crippen LogP contribution is -2.49. The first-order chi connectivity index (χ1) is 14.1. The Morgan fingerprint density at radius 2 is 2.03 bits per heavy atom. The van der Waals surface area contributed by atoms with Crippen LogP contribution in [-0.4, -0.2) is 57.7 Å². The van der Waals surface area contributed by atoms with Gasteiger partial charge in [0.1, 0.15) is 11.2 Å². The summed E-state index contributed by atoms with van der Waals surface area (Å²) in [6, 6.07) is 1.63. The molecule has 4 rings (SSSR count). The smallest absolute Gasteiger partial charge is 0.410 e. The topological polar surface area (TPSA) is 96.8 Å². The molecule has 0 aliphatic carbocycles. The van der Waals surface area contributed by atoms with Crippen LogP contribution in [0.4, 0.5) is 15.3 Å². The van der Waals surface area contributed by atoms with Crippen LogP contribution >= 0.6 is 0 Å². The van der Waals surface area contributed by atoms with Crippen molar-refractivity contribution < 1.29 is 19.1 Å². The van der Waals surface area contributed by atoms with Crippen molar-refractivity contribution in [2.24, 2.45) is 0 Å². The molecule has 4 heterocycles. The Kier molecular flexibility index (Phi) is 4.91. The minimum atomic E-state index is -0.519. The van der Waals surface area contributed by atoms with Gasteiger partial charge in [0, 0.05) is 37.6 Å². The Labute approximate surface area is 175 Å². The fraction of sp³-hybridized carbons (Fsp3) is 0.524. The highest BCUT2D eigenvalue weighted by Gasteiger charge is 2.32. The van der Waals surface area contributed by atoms with E-state index < -0.39 is 11.6 Å². The van der Waals surface area contributed by atoms with E-state index in [1.807, 2.05) is 40.0 Å². The highest BCUT2D eigenvalue weighted by Crippen LogP contribution is 2.31. The van der Waals surface area contributed by atoms with Crippen LogP contribution in [0.15, 0.2) is 18.5 Å². The van der Waals surface area contributed by atoms with Crippen LogP contribution in [0.25, 0.3) is 11.0 Å². The molecular formula is C21H27N5O4. The monoisotopic (exact) mass is 413 g/mol. The van der Waals surface area contributed by atoms with Gasteiger partial charge >= 0.3 is 12.1 Å². The quantitative estimate of drug-likeness (QED) is 0.816. The average molecular weight is 413 g/mol. The van der Waals surface area contributed by atoms with Crippen LogP contribution in [0.3, 0.4) is 0 Å². The Morgan fingerprint density at radius 1 is 1.27 bits per heavy atom. The van der Waals surface area contributed by atoms with Crippen molar-refractivity contribution in [2.45, 2.75) is 52.2 Å². The van der Waals surface area contributed by atoms with Gasteiger partial charge in [0.05, 0.1) is 17.9 Å². The molecule has 2 fully saturated rings. The maximum Gasteiger partial charge on any atom is 0.410 e. The van der Waals surface area contributed by atoms with Gasteiger partial charge in [-0.05, 0) is 45.7 Å². The average Bonchev–Trinajstić information content (AvgIpc) is 3.25. The number of pyridine rings is 1. The summed E-state index contributed by atoms with van der Waals surface area (Å²) in [5, 5.41) is 3.29. The van der Waals surface area contributed by atoms with Crippen molar-refractivity contribution in [1.29, 1.82) is 0 Å². The van der Waals surface area contributed by atoms with Crippen LogP contribution in [0, 0.1) is 6.92 Å². The molecule has 0 unspecified atom stereocenters. The molecule has 1 atom stereocenters. The predicted molar refractivity (Wildman–Crippen MR) is 111 cm³/mol. The van der Waals surface area contributed by atoms with Crippen LogP contribution < -0.4 is 10.2 Å². The number of anilines is 1. The minimum absolute atomic E-state index is 0.114. The first kappa shape index (κ1) is 20.2. The molecule has 160 valence electrons. The van der Waals surface area contributed by atoms with E-state index in [1.54, 1.807) is 11.1 Å². The molecule has 0 bridgehead atoms. The number of carbonyl (C=O) groups is 3. The molecule has 0 aromatic carbocycles. The van der Waals surface area contributed by atoms with Gasteiger partial charge in [-0.1, -0.05) is 0 Å². The standard InChI is InChI=1S/C21H27N5O4/c1-13-11-26(14-5-7-24(12-14)20(29)30-21(2,3)4)18-16(13)9-15(10-22-18)25-8-6-17(27)23-19(25)28/h9-11,14H,5-8,12H2,1-4H3,(H,23,27,28)/t14-/m1/s1. The molecule has 2 saturated heterocycles. The fourth-order valence-electron chi connectivity index (χ4n) is 3.98. The zero-order valence-electron chi connectivity index (χ0n) is 17.8. The Bertz CT molecular complexity index is 1020. The molecule has 30 heavy (non-hydrogen) atoms. The molecule has 1 N–H and O–H groups in total. The van der Waals surface area contributed by atoms with E-state index in [0.29, 0.717) is 25.3 Å². The summed E-state index contributed by atoms with van der Waals surface area (Å²) in [6.45, 7) is 9.14. The number of amides is 4. The van der Waals surface area contributed by atoms with Crippen molar-refractivity contribution in [3.05, 3.63) is 24.0 Å². The molecule has 2 aromatic rings. The van der Waals surface area contributed by atoms with E-state index >= 15 is 0 Å². The second-order valence-corrected chi connectivity index (χ2v) is 8.91. The number of likely N-dealkylation sites (tertiary alicyclic amines) is 1. The summed E-state index contributed by atoms with van der Waals surface area (Å²) in [5.74, 6) is -0.261. The number of carbonyl (C=O) groups excluding carboxylic acids is 3. The van der Waals surface area contributed by atoms with Crippen molar-refractivity contribution in [3.63, 3.8) is 0 Å². The number of hydrogen-bond acceptors (Lipinski definition) is 5. The van der Waals surface area contributed by atoms with Crippen molar-refractivity contribution >= 4 is 34.8 Å². The summed E-state index contributed by atoms with van der Waals surface area (Å²) in [6.07, 6.45) is 4.51. The normalized spacial score (nSPS) is 20.1. The summed E-state index contributed by atoms with van der Waals surface area (Å²) < 4.78 is 7.60. The van der Waals surface area contributed by atoms with E-state index in [9.17, 15) is 14.4 Å². The number of aromatic nitrogens is 2. The van der Waals surface area contributed by atoms with Crippen molar-refractivity contribution in [1.82, 2.24) is 19.8 Å². The minimum Gasteiger partial charge on any atom is -0.444 e. The lowest BCUT2D eigenvalue weighted by molar-refractivity contribution is -0.120. The second kappa shape index (κ2) is 7.30. The van der Waals surface area contributed by atoms with Gasteiger partial charge in [0.2, 0.25) is 5.91 Å². The van der Waals surface area contributed by atoms with Crippen LogP contribution in [-0.2, 0) is 9.53 Å². The lowest BCUT2D eigenvalue weighted by atomic mass is 10.2. The Hall–Kier alpha value is -3.10. The fourth-order valence-corrected chi connectivity index (χ4v) is 3.98. The van der Waals surface area contributed by atoms with Crippen molar-refractivity contribution in [3.8, 4) is 0 Å². The highest BCUT2D eigenvalue weighted by atomic mass is 16.6. The number of aryl methyl sites for hydroxylation is 1. The third-order valence-electron chi connectivity index (χ3n) is 5.43. The third-order valence-corrected chi connectivity index (χ3v) is 5.43. The van der Waals surface area contributed by atoms with E-state index in [0.717, 1.165) is 23.0 Å². The summed E-state index contributed by atoms with van der Waals surface area (Å²) >= 11 is 0. The number of urea groups is 1. The van der Waals surface area contributed by atoms with E-state index in [-0.39, 0.29) is 24.5 Å². The highest BCUT2D eigenvalue weighted by molar-refractivity contribution is 6.06. The van der Waals surface area contributed by atoms with Gasteiger partial charge in [0.15, 0.2) is 0 Å². The molecule has 2 aromatic heterocycles. The molecule has 0 saturated carbocycles.